The Hall–Kier alpha value is -4.03. The third-order valence-electron chi connectivity index (χ3n) is 4.39. The van der Waals surface area contributed by atoms with Gasteiger partial charge in [-0.05, 0) is 42.3 Å². The Balaban J connectivity index is 1.39. The summed E-state index contributed by atoms with van der Waals surface area (Å²) < 4.78 is 7.22. The van der Waals surface area contributed by atoms with Crippen molar-refractivity contribution < 1.29 is 9.53 Å². The maximum atomic E-state index is 12.1. The topological polar surface area (TPSA) is 106 Å². The molecule has 0 aliphatic rings. The number of ether oxygens (including phenoxy) is 1. The maximum Gasteiger partial charge on any atom is 0.413 e. The van der Waals surface area contributed by atoms with Crippen LogP contribution in [0.25, 0.3) is 10.7 Å². The Bertz CT molecular complexity index is 1230. The summed E-state index contributed by atoms with van der Waals surface area (Å²) in [5.74, 6) is 0. The average Bonchev–Trinajstić information content (AvgIpc) is 3.40. The fraction of sp³-hybridized carbons (Fsp3) is 0.136. The number of nitrogens with one attached hydrogen (secondary N) is 1. The third-order valence-corrected chi connectivity index (χ3v) is 5.44. The van der Waals surface area contributed by atoms with Gasteiger partial charge in [-0.2, -0.15) is 10.4 Å². The van der Waals surface area contributed by atoms with Crippen LogP contribution in [-0.4, -0.2) is 25.8 Å². The first-order valence-electron chi connectivity index (χ1n) is 9.45. The first kappa shape index (κ1) is 20.3. The number of hydrogen-bond acceptors (Lipinski definition) is 7. The summed E-state index contributed by atoms with van der Waals surface area (Å²) in [6, 6.07) is 15.0. The van der Waals surface area contributed by atoms with Crippen LogP contribution in [0.3, 0.4) is 0 Å². The van der Waals surface area contributed by atoms with Crippen LogP contribution in [0, 0.1) is 18.3 Å². The molecule has 1 aromatic carbocycles. The highest BCUT2D eigenvalue weighted by atomic mass is 32.1. The van der Waals surface area contributed by atoms with Crippen LogP contribution >= 0.6 is 11.3 Å². The Labute approximate surface area is 182 Å². The molecule has 154 valence electrons. The van der Waals surface area contributed by atoms with Gasteiger partial charge in [-0.15, -0.1) is 0 Å². The van der Waals surface area contributed by atoms with Gasteiger partial charge in [-0.3, -0.25) is 9.67 Å². The van der Waals surface area contributed by atoms with Crippen molar-refractivity contribution in [2.24, 2.45) is 0 Å². The van der Waals surface area contributed by atoms with Gasteiger partial charge in [-0.25, -0.2) is 9.78 Å². The van der Waals surface area contributed by atoms with Gasteiger partial charge < -0.3 is 10.1 Å². The van der Waals surface area contributed by atoms with E-state index in [-0.39, 0.29) is 0 Å². The molecule has 0 radical (unpaired) electrons. The molecule has 0 atom stereocenters. The summed E-state index contributed by atoms with van der Waals surface area (Å²) in [5, 5.41) is 17.3. The Morgan fingerprint density at radius 2 is 2.06 bits per heavy atom. The third kappa shape index (κ3) is 5.12. The molecule has 0 aliphatic carbocycles. The molecule has 3 aromatic heterocycles. The van der Waals surface area contributed by atoms with E-state index in [4.69, 9.17) is 10.00 Å². The van der Waals surface area contributed by atoms with Crippen LogP contribution in [0.1, 0.15) is 22.4 Å². The number of rotatable bonds is 6. The van der Waals surface area contributed by atoms with E-state index in [1.165, 1.54) is 11.3 Å². The lowest BCUT2D eigenvalue weighted by atomic mass is 10.1. The van der Waals surface area contributed by atoms with E-state index < -0.39 is 6.09 Å². The molecular weight excluding hydrogens is 412 g/mol. The molecule has 8 nitrogen and oxygen atoms in total. The fourth-order valence-corrected chi connectivity index (χ4v) is 3.70. The number of carbonyl (C=O) groups is 1. The van der Waals surface area contributed by atoms with Gasteiger partial charge in [0.25, 0.3) is 0 Å². The number of benzene rings is 1. The van der Waals surface area contributed by atoms with Gasteiger partial charge in [0.1, 0.15) is 10.7 Å². The van der Waals surface area contributed by atoms with Crippen molar-refractivity contribution in [3.05, 3.63) is 83.4 Å². The number of nitrogens with zero attached hydrogens (tertiary/aromatic N) is 5. The summed E-state index contributed by atoms with van der Waals surface area (Å²) >= 11 is 1.27. The second kappa shape index (κ2) is 9.19. The Kier molecular flexibility index (Phi) is 6.01. The van der Waals surface area contributed by atoms with E-state index in [1.807, 2.05) is 36.5 Å². The summed E-state index contributed by atoms with van der Waals surface area (Å²) in [6.07, 6.45) is 4.68. The van der Waals surface area contributed by atoms with Crippen LogP contribution in [0.15, 0.2) is 61.1 Å². The first-order valence-corrected chi connectivity index (χ1v) is 10.3. The van der Waals surface area contributed by atoms with Crippen LogP contribution < -0.4 is 10.1 Å². The van der Waals surface area contributed by atoms with E-state index in [2.05, 4.69) is 26.5 Å². The van der Waals surface area contributed by atoms with E-state index in [9.17, 15) is 4.79 Å². The lowest BCUT2D eigenvalue weighted by molar-refractivity contribution is 0.201. The number of hydrogen-bond donors (Lipinski definition) is 1. The number of amides is 1. The van der Waals surface area contributed by atoms with E-state index in [0.717, 1.165) is 11.1 Å². The van der Waals surface area contributed by atoms with E-state index in [1.54, 1.807) is 36.1 Å². The maximum absolute atomic E-state index is 12.1. The molecule has 0 bridgehead atoms. The zero-order chi connectivity index (χ0) is 21.6. The quantitative estimate of drug-likeness (QED) is 0.497. The fourth-order valence-electron chi connectivity index (χ4n) is 2.82. The number of aryl methyl sites for hydroxylation is 1. The van der Waals surface area contributed by atoms with E-state index in [0.29, 0.717) is 40.1 Å². The molecule has 0 aliphatic heterocycles. The van der Waals surface area contributed by atoms with Gasteiger partial charge in [0.2, 0.25) is 5.06 Å². The van der Waals surface area contributed by atoms with Crippen molar-refractivity contribution in [1.82, 2.24) is 25.1 Å². The number of pyridine rings is 1. The van der Waals surface area contributed by atoms with Crippen LogP contribution in [0.4, 0.5) is 4.79 Å². The summed E-state index contributed by atoms with van der Waals surface area (Å²) in [7, 11) is 0. The van der Waals surface area contributed by atoms with Gasteiger partial charge >= 0.3 is 6.09 Å². The lowest BCUT2D eigenvalue weighted by Crippen LogP contribution is -2.26. The molecule has 31 heavy (non-hydrogen) atoms. The van der Waals surface area contributed by atoms with Crippen molar-refractivity contribution >= 4 is 17.4 Å². The SMILES string of the molecule is Cc1nc(-c2ccn(Cc3ccc(C#N)cc3)n2)sc1OC(=O)NCc1cccnc1. The second-order valence-corrected chi connectivity index (χ2v) is 7.67. The molecule has 4 aromatic rings. The van der Waals surface area contributed by atoms with Crippen LogP contribution in [-0.2, 0) is 13.1 Å². The van der Waals surface area contributed by atoms with Crippen molar-refractivity contribution in [2.45, 2.75) is 20.0 Å². The molecule has 0 saturated heterocycles. The number of thiazole rings is 1. The molecular formula is C22H18N6O2S. The van der Waals surface area contributed by atoms with Crippen molar-refractivity contribution in [1.29, 1.82) is 5.26 Å². The second-order valence-electron chi connectivity index (χ2n) is 6.70. The molecule has 0 fully saturated rings. The van der Waals surface area contributed by atoms with Gasteiger partial charge in [0.15, 0.2) is 0 Å². The highest BCUT2D eigenvalue weighted by Crippen LogP contribution is 2.32. The van der Waals surface area contributed by atoms with Crippen molar-refractivity contribution in [2.75, 3.05) is 0 Å². The zero-order valence-electron chi connectivity index (χ0n) is 16.6. The van der Waals surface area contributed by atoms with E-state index >= 15 is 0 Å². The normalized spacial score (nSPS) is 10.5. The van der Waals surface area contributed by atoms with Gasteiger partial charge in [0.05, 0.1) is 23.9 Å². The molecule has 9 heteroatoms. The smallest absolute Gasteiger partial charge is 0.397 e. The molecule has 4 rings (SSSR count). The molecule has 3 heterocycles. The average molecular weight is 430 g/mol. The minimum atomic E-state index is -0.548. The molecule has 1 amide bonds. The van der Waals surface area contributed by atoms with Crippen molar-refractivity contribution in [3.63, 3.8) is 0 Å². The molecule has 0 spiro atoms. The standard InChI is InChI=1S/C22H18N6O2S/c1-15-21(30-22(29)25-13-18-3-2-9-24-12-18)31-20(26-15)19-8-10-28(27-19)14-17-6-4-16(11-23)5-7-17/h2-10,12H,13-14H2,1H3,(H,25,29). The minimum Gasteiger partial charge on any atom is -0.397 e. The van der Waals surface area contributed by atoms with Gasteiger partial charge in [0, 0.05) is 25.1 Å². The lowest BCUT2D eigenvalue weighted by Gasteiger charge is -2.04. The summed E-state index contributed by atoms with van der Waals surface area (Å²) in [5.41, 5.74) is 3.87. The zero-order valence-corrected chi connectivity index (χ0v) is 17.5. The van der Waals surface area contributed by atoms with Crippen LogP contribution in [0.5, 0.6) is 5.06 Å². The monoisotopic (exact) mass is 430 g/mol. The minimum absolute atomic E-state index is 0.330. The number of carbonyl (C=O) groups excluding carboxylic acids is 1. The molecule has 0 unspecified atom stereocenters. The predicted molar refractivity (Wildman–Crippen MR) is 115 cm³/mol. The summed E-state index contributed by atoms with van der Waals surface area (Å²) in [4.78, 5) is 20.6. The highest BCUT2D eigenvalue weighted by Gasteiger charge is 2.16. The van der Waals surface area contributed by atoms with Crippen molar-refractivity contribution in [3.8, 4) is 21.8 Å². The Morgan fingerprint density at radius 3 is 2.81 bits per heavy atom. The highest BCUT2D eigenvalue weighted by molar-refractivity contribution is 7.17. The molecule has 0 saturated carbocycles. The number of nitriles is 1. The number of aromatic nitrogens is 4. The first-order chi connectivity index (χ1) is 15.1. The van der Waals surface area contributed by atoms with Crippen LogP contribution in [0.2, 0.25) is 0 Å². The van der Waals surface area contributed by atoms with Gasteiger partial charge in [-0.1, -0.05) is 29.5 Å². The molecule has 1 N–H and O–H groups in total. The summed E-state index contributed by atoms with van der Waals surface area (Å²) in [6.45, 7) is 2.70. The largest absolute Gasteiger partial charge is 0.413 e. The predicted octanol–water partition coefficient (Wildman–Crippen LogP) is 3.92. The Morgan fingerprint density at radius 1 is 1.23 bits per heavy atom.